The van der Waals surface area contributed by atoms with E-state index in [1.165, 1.54) is 30.4 Å². The Labute approximate surface area is 183 Å². The van der Waals surface area contributed by atoms with Crippen molar-refractivity contribution in [1.29, 1.82) is 0 Å². The Kier molecular flexibility index (Phi) is 5.68. The lowest BCUT2D eigenvalue weighted by molar-refractivity contribution is -0.120. The molecule has 1 aromatic heterocycles. The number of hydrogen-bond donors (Lipinski definition) is 1. The van der Waals surface area contributed by atoms with Gasteiger partial charge in [0.2, 0.25) is 5.91 Å². The largest absolute Gasteiger partial charge is 0.496 e. The van der Waals surface area contributed by atoms with Gasteiger partial charge in [0.05, 0.1) is 25.8 Å². The molecule has 31 heavy (non-hydrogen) atoms. The Morgan fingerprint density at radius 1 is 1.13 bits per heavy atom. The summed E-state index contributed by atoms with van der Waals surface area (Å²) in [6.07, 6.45) is 7.94. The molecular weight excluding hydrogens is 388 g/mol. The highest BCUT2D eigenvalue weighted by Gasteiger charge is 2.26. The highest BCUT2D eigenvalue weighted by atomic mass is 16.5. The van der Waals surface area contributed by atoms with Gasteiger partial charge in [-0.2, -0.15) is 0 Å². The number of amides is 1. The van der Waals surface area contributed by atoms with Crippen LogP contribution < -0.4 is 10.1 Å². The zero-order chi connectivity index (χ0) is 21.2. The average molecular weight is 419 g/mol. The highest BCUT2D eigenvalue weighted by molar-refractivity contribution is 5.88. The zero-order valence-electron chi connectivity index (χ0n) is 18.2. The Morgan fingerprint density at radius 3 is 2.71 bits per heavy atom. The number of para-hydroxylation sites is 1. The predicted octanol–water partition coefficient (Wildman–Crippen LogP) is 4.43. The number of benzene rings is 2. The molecule has 0 saturated carbocycles. The lowest BCUT2D eigenvalue weighted by atomic mass is 10.0. The summed E-state index contributed by atoms with van der Waals surface area (Å²) < 4.78 is 11.4. The van der Waals surface area contributed by atoms with Crippen molar-refractivity contribution >= 4 is 16.9 Å². The Balaban J connectivity index is 1.31. The maximum absolute atomic E-state index is 12.9. The van der Waals surface area contributed by atoms with Crippen molar-refractivity contribution in [3.63, 3.8) is 0 Å². The van der Waals surface area contributed by atoms with Crippen LogP contribution in [0.25, 0.3) is 11.0 Å². The van der Waals surface area contributed by atoms with Crippen molar-refractivity contribution < 1.29 is 13.9 Å². The van der Waals surface area contributed by atoms with Crippen LogP contribution in [-0.4, -0.2) is 37.6 Å². The van der Waals surface area contributed by atoms with Crippen molar-refractivity contribution in [2.24, 2.45) is 0 Å². The molecule has 1 saturated heterocycles. The second-order valence-corrected chi connectivity index (χ2v) is 8.71. The number of hydrogen-bond acceptors (Lipinski definition) is 4. The number of likely N-dealkylation sites (tertiary alicyclic amines) is 1. The summed E-state index contributed by atoms with van der Waals surface area (Å²) >= 11 is 0. The van der Waals surface area contributed by atoms with E-state index in [1.54, 1.807) is 13.4 Å². The maximum Gasteiger partial charge on any atom is 0.224 e. The summed E-state index contributed by atoms with van der Waals surface area (Å²) in [4.78, 5) is 15.3. The molecular formula is C26H30N2O3. The first-order valence-corrected chi connectivity index (χ1v) is 11.4. The first-order valence-electron chi connectivity index (χ1n) is 11.4. The predicted molar refractivity (Wildman–Crippen MR) is 121 cm³/mol. The minimum absolute atomic E-state index is 0.0299. The van der Waals surface area contributed by atoms with Gasteiger partial charge < -0.3 is 14.5 Å². The van der Waals surface area contributed by atoms with E-state index in [2.05, 4.69) is 28.4 Å². The number of methoxy groups -OCH3 is 1. The molecule has 5 heteroatoms. The molecule has 1 aliphatic heterocycles. The first kappa shape index (κ1) is 20.1. The molecule has 162 valence electrons. The van der Waals surface area contributed by atoms with Crippen LogP contribution in [-0.2, 0) is 24.1 Å². The smallest absolute Gasteiger partial charge is 0.224 e. The molecule has 0 bridgehead atoms. The van der Waals surface area contributed by atoms with Crippen LogP contribution in [0.3, 0.4) is 0 Å². The third-order valence-corrected chi connectivity index (χ3v) is 6.79. The van der Waals surface area contributed by atoms with Crippen LogP contribution in [0.4, 0.5) is 0 Å². The monoisotopic (exact) mass is 418 g/mol. The molecule has 5 rings (SSSR count). The fraction of sp³-hybridized carbons (Fsp3) is 0.423. The van der Waals surface area contributed by atoms with Gasteiger partial charge in [0, 0.05) is 23.1 Å². The zero-order valence-corrected chi connectivity index (χ0v) is 18.2. The molecule has 1 atom stereocenters. The molecule has 3 aromatic rings. The number of fused-ring (bicyclic) bond motifs is 2. The standard InChI is InChI=1S/C26H30N2O3/c1-30-24-10-3-2-9-21(24)23(28-11-4-5-12-28)16-27-26(29)15-20-17-31-25-14-19-8-6-7-18(19)13-22(20)25/h2-3,9-10,13-14,17,23H,4-8,11-12,15-16H2,1H3,(H,27,29). The molecule has 2 aliphatic rings. The number of nitrogens with one attached hydrogen (secondary N) is 1. The Bertz CT molecular complexity index is 1080. The second kappa shape index (κ2) is 8.75. The third-order valence-electron chi connectivity index (χ3n) is 6.79. The van der Waals surface area contributed by atoms with E-state index >= 15 is 0 Å². The minimum Gasteiger partial charge on any atom is -0.496 e. The van der Waals surface area contributed by atoms with Gasteiger partial charge >= 0.3 is 0 Å². The number of nitrogens with zero attached hydrogens (tertiary/aromatic N) is 1. The van der Waals surface area contributed by atoms with E-state index in [0.717, 1.165) is 53.8 Å². The number of aryl methyl sites for hydroxylation is 2. The molecule has 1 amide bonds. The van der Waals surface area contributed by atoms with Crippen molar-refractivity contribution in [1.82, 2.24) is 10.2 Å². The normalized spacial score (nSPS) is 17.1. The summed E-state index contributed by atoms with van der Waals surface area (Å²) in [6.45, 7) is 2.68. The van der Waals surface area contributed by atoms with E-state index in [4.69, 9.17) is 9.15 Å². The quantitative estimate of drug-likeness (QED) is 0.617. The fourth-order valence-electron chi connectivity index (χ4n) is 5.16. The van der Waals surface area contributed by atoms with Gasteiger partial charge in [-0.1, -0.05) is 18.2 Å². The number of ether oxygens (including phenoxy) is 1. The topological polar surface area (TPSA) is 54.7 Å². The van der Waals surface area contributed by atoms with Gasteiger partial charge in [-0.3, -0.25) is 9.69 Å². The average Bonchev–Trinajstić information content (AvgIpc) is 3.54. The Morgan fingerprint density at radius 2 is 1.90 bits per heavy atom. The van der Waals surface area contributed by atoms with E-state index in [-0.39, 0.29) is 11.9 Å². The molecule has 5 nitrogen and oxygen atoms in total. The van der Waals surface area contributed by atoms with Crippen LogP contribution in [0.15, 0.2) is 47.1 Å². The summed E-state index contributed by atoms with van der Waals surface area (Å²) in [5.41, 5.74) is 5.80. The van der Waals surface area contributed by atoms with E-state index in [1.807, 2.05) is 18.2 Å². The van der Waals surface area contributed by atoms with Crippen LogP contribution in [0, 0.1) is 0 Å². The number of rotatable bonds is 7. The maximum atomic E-state index is 12.9. The van der Waals surface area contributed by atoms with Crippen LogP contribution >= 0.6 is 0 Å². The summed E-state index contributed by atoms with van der Waals surface area (Å²) in [7, 11) is 1.71. The van der Waals surface area contributed by atoms with Gasteiger partial charge in [-0.05, 0) is 74.5 Å². The second-order valence-electron chi connectivity index (χ2n) is 8.71. The Hall–Kier alpha value is -2.79. The molecule has 0 radical (unpaired) electrons. The molecule has 1 fully saturated rings. The van der Waals surface area contributed by atoms with Gasteiger partial charge in [-0.25, -0.2) is 0 Å². The number of carbonyl (C=O) groups excluding carboxylic acids is 1. The summed E-state index contributed by atoms with van der Waals surface area (Å²) in [5.74, 6) is 0.908. The van der Waals surface area contributed by atoms with E-state index < -0.39 is 0 Å². The first-order chi connectivity index (χ1) is 15.2. The van der Waals surface area contributed by atoms with Gasteiger partial charge in [0.1, 0.15) is 11.3 Å². The number of furan rings is 1. The molecule has 2 aromatic carbocycles. The molecule has 0 spiro atoms. The van der Waals surface area contributed by atoms with Crippen molar-refractivity contribution in [3.8, 4) is 5.75 Å². The third kappa shape index (κ3) is 4.07. The number of carbonyl (C=O) groups is 1. The van der Waals surface area contributed by atoms with Crippen molar-refractivity contribution in [2.45, 2.75) is 44.6 Å². The van der Waals surface area contributed by atoms with Gasteiger partial charge in [-0.15, -0.1) is 0 Å². The lowest BCUT2D eigenvalue weighted by Gasteiger charge is -2.29. The SMILES string of the molecule is COc1ccccc1C(CNC(=O)Cc1coc2cc3c(cc12)CCC3)N1CCCC1. The van der Waals surface area contributed by atoms with Gasteiger partial charge in [0.15, 0.2) is 0 Å². The molecule has 2 heterocycles. The molecule has 1 unspecified atom stereocenters. The fourth-order valence-corrected chi connectivity index (χ4v) is 5.16. The van der Waals surface area contributed by atoms with Crippen LogP contribution in [0.5, 0.6) is 5.75 Å². The van der Waals surface area contributed by atoms with E-state index in [9.17, 15) is 4.79 Å². The summed E-state index contributed by atoms with van der Waals surface area (Å²) in [6, 6.07) is 12.6. The van der Waals surface area contributed by atoms with Crippen molar-refractivity contribution in [3.05, 3.63) is 64.9 Å². The van der Waals surface area contributed by atoms with Crippen LogP contribution in [0.1, 0.15) is 47.6 Å². The minimum atomic E-state index is 0.0299. The van der Waals surface area contributed by atoms with E-state index in [0.29, 0.717) is 13.0 Å². The molecule has 1 N–H and O–H groups in total. The van der Waals surface area contributed by atoms with Crippen molar-refractivity contribution in [2.75, 3.05) is 26.7 Å². The van der Waals surface area contributed by atoms with Gasteiger partial charge in [0.25, 0.3) is 0 Å². The highest BCUT2D eigenvalue weighted by Crippen LogP contribution is 2.32. The summed E-state index contributed by atoms with van der Waals surface area (Å²) in [5, 5.41) is 4.27. The lowest BCUT2D eigenvalue weighted by Crippen LogP contribution is -2.37. The molecule has 1 aliphatic carbocycles. The van der Waals surface area contributed by atoms with Crippen LogP contribution in [0.2, 0.25) is 0 Å².